The Hall–Kier alpha value is -0.410. The molecule has 0 amide bonds. The molecule has 0 spiro atoms. The Morgan fingerprint density at radius 3 is 2.57 bits per heavy atom. The van der Waals surface area contributed by atoms with Crippen LogP contribution in [-0.4, -0.2) is 11.2 Å². The van der Waals surface area contributed by atoms with Crippen LogP contribution in [0.1, 0.15) is 23.6 Å². The Morgan fingerprint density at radius 2 is 2.07 bits per heavy atom. The van der Waals surface area contributed by atoms with Gasteiger partial charge in [-0.15, -0.1) is 0 Å². The van der Waals surface area contributed by atoms with Gasteiger partial charge in [-0.1, -0.05) is 15.9 Å². The molecule has 0 heterocycles. The van der Waals surface area contributed by atoms with Gasteiger partial charge in [0.2, 0.25) is 0 Å². The molecule has 0 aliphatic carbocycles. The van der Waals surface area contributed by atoms with Gasteiger partial charge in [-0.3, -0.25) is 0 Å². The van der Waals surface area contributed by atoms with Crippen molar-refractivity contribution < 1.29 is 9.50 Å². The van der Waals surface area contributed by atoms with Crippen molar-refractivity contribution in [1.29, 1.82) is 0 Å². The fraction of sp³-hybridized carbons (Fsp3) is 0.455. The van der Waals surface area contributed by atoms with E-state index in [0.29, 0.717) is 17.5 Å². The standard InChI is InChI=1S/C11H14BrFO/c1-6-4-10(12)8(3)9(11(6)13)5-7(2)14/h4,7,14H,5H2,1-3H3. The van der Waals surface area contributed by atoms with E-state index in [9.17, 15) is 9.50 Å². The number of rotatable bonds is 2. The molecule has 0 aliphatic heterocycles. The van der Waals surface area contributed by atoms with Gasteiger partial charge in [0, 0.05) is 10.9 Å². The molecule has 78 valence electrons. The normalized spacial score (nSPS) is 13.0. The van der Waals surface area contributed by atoms with E-state index in [-0.39, 0.29) is 5.82 Å². The summed E-state index contributed by atoms with van der Waals surface area (Å²) in [4.78, 5) is 0. The highest BCUT2D eigenvalue weighted by molar-refractivity contribution is 9.10. The van der Waals surface area contributed by atoms with E-state index < -0.39 is 6.10 Å². The van der Waals surface area contributed by atoms with Crippen molar-refractivity contribution in [3.8, 4) is 0 Å². The zero-order valence-electron chi connectivity index (χ0n) is 8.56. The van der Waals surface area contributed by atoms with Crippen LogP contribution in [0, 0.1) is 19.7 Å². The van der Waals surface area contributed by atoms with Gasteiger partial charge in [-0.05, 0) is 43.5 Å². The van der Waals surface area contributed by atoms with E-state index >= 15 is 0 Å². The first-order valence-electron chi connectivity index (χ1n) is 4.55. The van der Waals surface area contributed by atoms with E-state index in [0.717, 1.165) is 10.0 Å². The minimum atomic E-state index is -0.517. The summed E-state index contributed by atoms with van der Waals surface area (Å²) in [6, 6.07) is 1.76. The zero-order chi connectivity index (χ0) is 10.9. The fourth-order valence-corrected chi connectivity index (χ4v) is 2.03. The van der Waals surface area contributed by atoms with Gasteiger partial charge in [0.05, 0.1) is 6.10 Å². The second-order valence-corrected chi connectivity index (χ2v) is 4.50. The minimum Gasteiger partial charge on any atom is -0.393 e. The lowest BCUT2D eigenvalue weighted by atomic mass is 10.00. The van der Waals surface area contributed by atoms with Crippen molar-refractivity contribution in [1.82, 2.24) is 0 Å². The minimum absolute atomic E-state index is 0.202. The maximum Gasteiger partial charge on any atom is 0.129 e. The van der Waals surface area contributed by atoms with Crippen LogP contribution in [0.5, 0.6) is 0 Å². The van der Waals surface area contributed by atoms with Gasteiger partial charge >= 0.3 is 0 Å². The largest absolute Gasteiger partial charge is 0.393 e. The Kier molecular flexibility index (Phi) is 3.67. The number of benzene rings is 1. The maximum atomic E-state index is 13.7. The topological polar surface area (TPSA) is 20.2 Å². The number of aryl methyl sites for hydroxylation is 1. The third-order valence-electron chi connectivity index (χ3n) is 2.26. The maximum absolute atomic E-state index is 13.7. The molecule has 1 unspecified atom stereocenters. The highest BCUT2D eigenvalue weighted by atomic mass is 79.9. The Balaban J connectivity index is 3.25. The lowest BCUT2D eigenvalue weighted by molar-refractivity contribution is 0.194. The molecule has 14 heavy (non-hydrogen) atoms. The first-order chi connectivity index (χ1) is 6.43. The van der Waals surface area contributed by atoms with E-state index in [2.05, 4.69) is 15.9 Å². The van der Waals surface area contributed by atoms with Gasteiger partial charge in [0.1, 0.15) is 5.82 Å². The van der Waals surface area contributed by atoms with Gasteiger partial charge in [-0.2, -0.15) is 0 Å². The van der Waals surface area contributed by atoms with Crippen molar-refractivity contribution in [3.05, 3.63) is 33.0 Å². The molecule has 1 aromatic rings. The Bertz CT molecular complexity index is 321. The van der Waals surface area contributed by atoms with E-state index in [1.54, 1.807) is 19.9 Å². The third-order valence-corrected chi connectivity index (χ3v) is 3.09. The summed E-state index contributed by atoms with van der Waals surface area (Å²) in [5, 5.41) is 9.25. The molecule has 0 aliphatic rings. The van der Waals surface area contributed by atoms with Crippen LogP contribution in [0.3, 0.4) is 0 Å². The lowest BCUT2D eigenvalue weighted by Crippen LogP contribution is -2.09. The first-order valence-corrected chi connectivity index (χ1v) is 5.35. The first kappa shape index (κ1) is 11.7. The highest BCUT2D eigenvalue weighted by Crippen LogP contribution is 2.26. The highest BCUT2D eigenvalue weighted by Gasteiger charge is 2.13. The van der Waals surface area contributed by atoms with Crippen molar-refractivity contribution >= 4 is 15.9 Å². The van der Waals surface area contributed by atoms with Crippen LogP contribution in [0.15, 0.2) is 10.5 Å². The summed E-state index contributed by atoms with van der Waals surface area (Å²) < 4.78 is 14.6. The zero-order valence-corrected chi connectivity index (χ0v) is 10.2. The second-order valence-electron chi connectivity index (χ2n) is 3.65. The number of aliphatic hydroxyl groups is 1. The lowest BCUT2D eigenvalue weighted by Gasteiger charge is -2.13. The van der Waals surface area contributed by atoms with Crippen LogP contribution in [0.4, 0.5) is 4.39 Å². The van der Waals surface area contributed by atoms with Crippen LogP contribution in [0.25, 0.3) is 0 Å². The summed E-state index contributed by atoms with van der Waals surface area (Å²) in [6.45, 7) is 5.24. The molecule has 1 N–H and O–H groups in total. The number of halogens is 2. The summed E-state index contributed by atoms with van der Waals surface area (Å²) in [5.74, 6) is -0.202. The Labute approximate surface area is 92.1 Å². The average molecular weight is 261 g/mol. The summed E-state index contributed by atoms with van der Waals surface area (Å²) in [6.07, 6.45) is -0.158. The quantitative estimate of drug-likeness (QED) is 0.867. The van der Waals surface area contributed by atoms with Crippen LogP contribution in [-0.2, 0) is 6.42 Å². The number of aliphatic hydroxyl groups excluding tert-OH is 1. The fourth-order valence-electron chi connectivity index (χ4n) is 1.45. The van der Waals surface area contributed by atoms with Crippen LogP contribution < -0.4 is 0 Å². The summed E-state index contributed by atoms with van der Waals surface area (Å²) in [5.41, 5.74) is 2.08. The SMILES string of the molecule is Cc1cc(Br)c(C)c(CC(C)O)c1F. The molecule has 1 rings (SSSR count). The van der Waals surface area contributed by atoms with Gasteiger partial charge in [-0.25, -0.2) is 4.39 Å². The molecule has 0 saturated carbocycles. The van der Waals surface area contributed by atoms with Gasteiger partial charge in [0.25, 0.3) is 0 Å². The van der Waals surface area contributed by atoms with Crippen molar-refractivity contribution in [3.63, 3.8) is 0 Å². The van der Waals surface area contributed by atoms with E-state index in [1.165, 1.54) is 0 Å². The molecule has 1 nitrogen and oxygen atoms in total. The monoisotopic (exact) mass is 260 g/mol. The smallest absolute Gasteiger partial charge is 0.129 e. The molecule has 0 radical (unpaired) electrons. The average Bonchev–Trinajstić information content (AvgIpc) is 2.09. The predicted molar refractivity (Wildman–Crippen MR) is 59.0 cm³/mol. The summed E-state index contributed by atoms with van der Waals surface area (Å²) in [7, 11) is 0. The van der Waals surface area contributed by atoms with E-state index in [1.807, 2.05) is 6.92 Å². The van der Waals surface area contributed by atoms with Crippen molar-refractivity contribution in [2.75, 3.05) is 0 Å². The molecule has 1 atom stereocenters. The predicted octanol–water partition coefficient (Wildman–Crippen LogP) is 3.13. The number of hydrogen-bond donors (Lipinski definition) is 1. The molecule has 0 fully saturated rings. The van der Waals surface area contributed by atoms with Gasteiger partial charge in [0.15, 0.2) is 0 Å². The second kappa shape index (κ2) is 4.41. The molecular weight excluding hydrogens is 247 g/mol. The van der Waals surface area contributed by atoms with Crippen LogP contribution in [0.2, 0.25) is 0 Å². The third kappa shape index (κ3) is 2.34. The van der Waals surface area contributed by atoms with Crippen molar-refractivity contribution in [2.45, 2.75) is 33.3 Å². The molecule has 0 saturated heterocycles. The molecule has 1 aromatic carbocycles. The summed E-state index contributed by atoms with van der Waals surface area (Å²) >= 11 is 3.37. The molecule has 0 aromatic heterocycles. The Morgan fingerprint density at radius 1 is 1.50 bits per heavy atom. The van der Waals surface area contributed by atoms with Gasteiger partial charge < -0.3 is 5.11 Å². The van der Waals surface area contributed by atoms with Crippen LogP contribution >= 0.6 is 15.9 Å². The van der Waals surface area contributed by atoms with Crippen molar-refractivity contribution in [2.24, 2.45) is 0 Å². The van der Waals surface area contributed by atoms with E-state index in [4.69, 9.17) is 0 Å². The molecule has 3 heteroatoms. The molecular formula is C11H14BrFO. The molecule has 0 bridgehead atoms. The number of hydrogen-bond acceptors (Lipinski definition) is 1.